The molecular formula is C19H20N2O5S. The Bertz CT molecular complexity index is 987. The fourth-order valence-electron chi connectivity index (χ4n) is 2.99. The summed E-state index contributed by atoms with van der Waals surface area (Å²) in [6, 6.07) is 13.4. The van der Waals surface area contributed by atoms with Gasteiger partial charge in [0.1, 0.15) is 5.75 Å². The van der Waals surface area contributed by atoms with Crippen LogP contribution in [0.5, 0.6) is 5.75 Å². The van der Waals surface area contributed by atoms with Gasteiger partial charge in [0, 0.05) is 17.7 Å². The predicted octanol–water partition coefficient (Wildman–Crippen LogP) is 1.94. The molecular weight excluding hydrogens is 368 g/mol. The van der Waals surface area contributed by atoms with Crippen molar-refractivity contribution < 1.29 is 22.7 Å². The number of ether oxygens (including phenoxy) is 1. The number of methoxy groups -OCH3 is 1. The van der Waals surface area contributed by atoms with Gasteiger partial charge in [-0.1, -0.05) is 31.2 Å². The highest BCUT2D eigenvalue weighted by Gasteiger charge is 2.42. The molecule has 0 aromatic heterocycles. The van der Waals surface area contributed by atoms with Gasteiger partial charge in [0.25, 0.3) is 5.91 Å². The molecule has 2 aromatic carbocycles. The van der Waals surface area contributed by atoms with Gasteiger partial charge in [0.05, 0.1) is 24.5 Å². The van der Waals surface area contributed by atoms with E-state index in [0.717, 1.165) is 9.87 Å². The van der Waals surface area contributed by atoms with Crippen molar-refractivity contribution in [3.05, 3.63) is 59.7 Å². The summed E-state index contributed by atoms with van der Waals surface area (Å²) in [4.78, 5) is 24.7. The van der Waals surface area contributed by atoms with Crippen LogP contribution >= 0.6 is 0 Å². The number of rotatable bonds is 5. The zero-order valence-electron chi connectivity index (χ0n) is 15.0. The van der Waals surface area contributed by atoms with Gasteiger partial charge in [0.15, 0.2) is 0 Å². The number of carbonyl (C=O) groups excluding carboxylic acids is 2. The molecule has 0 spiro atoms. The standard InChI is InChI=1S/C19H20N2O5S/c1-13-12-27(24,25)21(19(13)23)16-8-5-7-14(10-16)18(22)20-11-15-6-3-4-9-17(15)26-2/h3-10,13H,11-12H2,1-2H3,(H,20,22). The van der Waals surface area contributed by atoms with Gasteiger partial charge in [-0.3, -0.25) is 9.59 Å². The molecule has 1 aliphatic rings. The van der Waals surface area contributed by atoms with Crippen LogP contribution in [0.15, 0.2) is 48.5 Å². The number of hydrogen-bond acceptors (Lipinski definition) is 5. The van der Waals surface area contributed by atoms with Gasteiger partial charge in [-0.25, -0.2) is 12.7 Å². The first-order chi connectivity index (χ1) is 12.8. The van der Waals surface area contributed by atoms with E-state index in [0.29, 0.717) is 5.75 Å². The molecule has 27 heavy (non-hydrogen) atoms. The number of sulfonamides is 1. The Balaban J connectivity index is 1.79. The Labute approximate surface area is 158 Å². The molecule has 0 bridgehead atoms. The van der Waals surface area contributed by atoms with E-state index in [4.69, 9.17) is 4.74 Å². The maximum absolute atomic E-state index is 12.5. The van der Waals surface area contributed by atoms with E-state index in [-0.39, 0.29) is 29.5 Å². The molecule has 0 radical (unpaired) electrons. The minimum absolute atomic E-state index is 0.175. The molecule has 1 aliphatic heterocycles. The lowest BCUT2D eigenvalue weighted by Crippen LogP contribution is -2.30. The molecule has 142 valence electrons. The Hall–Kier alpha value is -2.87. The van der Waals surface area contributed by atoms with Crippen molar-refractivity contribution in [1.29, 1.82) is 0 Å². The molecule has 8 heteroatoms. The molecule has 7 nitrogen and oxygen atoms in total. The maximum Gasteiger partial charge on any atom is 0.251 e. The second-order valence-electron chi connectivity index (χ2n) is 6.33. The zero-order valence-corrected chi connectivity index (χ0v) is 15.8. The molecule has 1 N–H and O–H groups in total. The van der Waals surface area contributed by atoms with Gasteiger partial charge in [-0.2, -0.15) is 0 Å². The van der Waals surface area contributed by atoms with E-state index >= 15 is 0 Å². The summed E-state index contributed by atoms with van der Waals surface area (Å²) in [6.45, 7) is 1.83. The molecule has 2 aromatic rings. The average Bonchev–Trinajstić information content (AvgIpc) is 2.86. The third-order valence-electron chi connectivity index (χ3n) is 4.34. The molecule has 0 aliphatic carbocycles. The van der Waals surface area contributed by atoms with Gasteiger partial charge >= 0.3 is 0 Å². The lowest BCUT2D eigenvalue weighted by molar-refractivity contribution is -0.119. The van der Waals surface area contributed by atoms with E-state index in [1.807, 2.05) is 18.2 Å². The molecule has 1 heterocycles. The number of carbonyl (C=O) groups is 2. The first-order valence-electron chi connectivity index (χ1n) is 8.40. The van der Waals surface area contributed by atoms with E-state index in [1.165, 1.54) is 12.1 Å². The van der Waals surface area contributed by atoms with Crippen molar-refractivity contribution in [2.75, 3.05) is 17.2 Å². The molecule has 0 saturated carbocycles. The first kappa shape index (κ1) is 18.9. The highest BCUT2D eigenvalue weighted by Crippen LogP contribution is 2.28. The highest BCUT2D eigenvalue weighted by molar-refractivity contribution is 7.94. The minimum atomic E-state index is -3.71. The van der Waals surface area contributed by atoms with Gasteiger partial charge in [-0.15, -0.1) is 0 Å². The molecule has 2 amide bonds. The number of para-hydroxylation sites is 1. The number of anilines is 1. The van der Waals surface area contributed by atoms with Gasteiger partial charge in [0.2, 0.25) is 15.9 Å². The van der Waals surface area contributed by atoms with Crippen molar-refractivity contribution in [3.63, 3.8) is 0 Å². The summed E-state index contributed by atoms with van der Waals surface area (Å²) in [7, 11) is -2.16. The average molecular weight is 388 g/mol. The smallest absolute Gasteiger partial charge is 0.251 e. The Morgan fingerprint density at radius 3 is 2.63 bits per heavy atom. The lowest BCUT2D eigenvalue weighted by Gasteiger charge is -2.16. The number of amides is 2. The Kier molecular flexibility index (Phi) is 5.18. The molecule has 1 fully saturated rings. The van der Waals surface area contributed by atoms with Crippen LogP contribution in [0.2, 0.25) is 0 Å². The monoisotopic (exact) mass is 388 g/mol. The van der Waals surface area contributed by atoms with Crippen LogP contribution in [0, 0.1) is 5.92 Å². The number of nitrogens with zero attached hydrogens (tertiary/aromatic N) is 1. The fraction of sp³-hybridized carbons (Fsp3) is 0.263. The predicted molar refractivity (Wildman–Crippen MR) is 101 cm³/mol. The van der Waals surface area contributed by atoms with Crippen LogP contribution in [0.1, 0.15) is 22.8 Å². The summed E-state index contributed by atoms with van der Waals surface area (Å²) < 4.78 is 30.5. The summed E-state index contributed by atoms with van der Waals surface area (Å²) in [5.74, 6) is -1.02. The van der Waals surface area contributed by atoms with E-state index in [1.54, 1.807) is 32.2 Å². The van der Waals surface area contributed by atoms with Crippen LogP contribution < -0.4 is 14.4 Å². The quantitative estimate of drug-likeness (QED) is 0.845. The maximum atomic E-state index is 12.5. The number of benzene rings is 2. The van der Waals surface area contributed by atoms with Crippen molar-refractivity contribution in [1.82, 2.24) is 5.32 Å². The van der Waals surface area contributed by atoms with Gasteiger partial charge < -0.3 is 10.1 Å². The van der Waals surface area contributed by atoms with Crippen LogP contribution in [-0.2, 0) is 21.4 Å². The molecule has 3 rings (SSSR count). The Morgan fingerprint density at radius 2 is 1.96 bits per heavy atom. The summed E-state index contributed by atoms with van der Waals surface area (Å²) >= 11 is 0. The van der Waals surface area contributed by atoms with Crippen LogP contribution in [0.4, 0.5) is 5.69 Å². The van der Waals surface area contributed by atoms with Crippen LogP contribution in [-0.4, -0.2) is 33.1 Å². The van der Waals surface area contributed by atoms with Gasteiger partial charge in [-0.05, 0) is 24.3 Å². The summed E-state index contributed by atoms with van der Waals surface area (Å²) in [5.41, 5.74) is 1.26. The van der Waals surface area contributed by atoms with Crippen LogP contribution in [0.3, 0.4) is 0 Å². The largest absolute Gasteiger partial charge is 0.496 e. The normalized spacial score (nSPS) is 18.4. The minimum Gasteiger partial charge on any atom is -0.496 e. The van der Waals surface area contributed by atoms with E-state index in [9.17, 15) is 18.0 Å². The van der Waals surface area contributed by atoms with Crippen molar-refractivity contribution in [2.45, 2.75) is 13.5 Å². The van der Waals surface area contributed by atoms with Crippen molar-refractivity contribution in [2.24, 2.45) is 5.92 Å². The second-order valence-corrected chi connectivity index (χ2v) is 8.19. The summed E-state index contributed by atoms with van der Waals surface area (Å²) in [5, 5.41) is 2.78. The molecule has 1 saturated heterocycles. The van der Waals surface area contributed by atoms with Crippen molar-refractivity contribution >= 4 is 27.5 Å². The molecule has 1 unspecified atom stereocenters. The zero-order chi connectivity index (χ0) is 19.6. The van der Waals surface area contributed by atoms with Crippen LogP contribution in [0.25, 0.3) is 0 Å². The lowest BCUT2D eigenvalue weighted by atomic mass is 10.1. The molecule has 1 atom stereocenters. The number of nitrogens with one attached hydrogen (secondary N) is 1. The fourth-order valence-corrected chi connectivity index (χ4v) is 4.80. The van der Waals surface area contributed by atoms with E-state index < -0.39 is 21.8 Å². The topological polar surface area (TPSA) is 92.8 Å². The second kappa shape index (κ2) is 7.40. The first-order valence-corrected chi connectivity index (χ1v) is 10.0. The highest BCUT2D eigenvalue weighted by atomic mass is 32.2. The number of hydrogen-bond donors (Lipinski definition) is 1. The third kappa shape index (κ3) is 3.80. The Morgan fingerprint density at radius 1 is 1.22 bits per heavy atom. The SMILES string of the molecule is COc1ccccc1CNC(=O)c1cccc(N2C(=O)C(C)CS2(=O)=O)c1. The van der Waals surface area contributed by atoms with Crippen molar-refractivity contribution in [3.8, 4) is 5.75 Å². The van der Waals surface area contributed by atoms with E-state index in [2.05, 4.69) is 5.32 Å². The third-order valence-corrected chi connectivity index (χ3v) is 6.20. The summed E-state index contributed by atoms with van der Waals surface area (Å²) in [6.07, 6.45) is 0.